The summed E-state index contributed by atoms with van der Waals surface area (Å²) in [5.41, 5.74) is 0.606. The van der Waals surface area contributed by atoms with Crippen LogP contribution < -0.4 is 0 Å². The topological polar surface area (TPSA) is 42.9 Å². The third-order valence-corrected chi connectivity index (χ3v) is 4.52. The van der Waals surface area contributed by atoms with Crippen molar-refractivity contribution in [3.8, 4) is 0 Å². The number of unbranched alkanes of at least 4 members (excludes halogenated alkanes) is 9. The maximum Gasteiger partial charge on any atom is 0.222 e. The minimum atomic E-state index is 0.0894. The van der Waals surface area contributed by atoms with Crippen LogP contribution in [0, 0.1) is 0 Å². The second-order valence-electron chi connectivity index (χ2n) is 5.45. The van der Waals surface area contributed by atoms with Gasteiger partial charge >= 0.3 is 0 Å². The zero-order valence-corrected chi connectivity index (χ0v) is 14.0. The Kier molecular flexibility index (Phi) is 11.1. The number of aromatic nitrogens is 2. The maximum absolute atomic E-state index is 11.8. The number of hydrogen-bond acceptors (Lipinski definition) is 4. The van der Waals surface area contributed by atoms with Crippen LogP contribution in [0.2, 0.25) is 0 Å². The molecule has 1 aromatic heterocycles. The van der Waals surface area contributed by atoms with Gasteiger partial charge in [0.15, 0.2) is 0 Å². The van der Waals surface area contributed by atoms with E-state index in [2.05, 4.69) is 16.9 Å². The van der Waals surface area contributed by atoms with Crippen LogP contribution in [0.5, 0.6) is 0 Å². The normalized spacial score (nSPS) is 10.7. The minimum absolute atomic E-state index is 0.0894. The van der Waals surface area contributed by atoms with E-state index in [1.807, 2.05) is 0 Å². The highest BCUT2D eigenvalue weighted by Crippen LogP contribution is 2.15. The first kappa shape index (κ1) is 18.1. The van der Waals surface area contributed by atoms with Gasteiger partial charge < -0.3 is 0 Å². The van der Waals surface area contributed by atoms with Crippen LogP contribution in [0.25, 0.3) is 0 Å². The van der Waals surface area contributed by atoms with E-state index in [1.165, 1.54) is 75.9 Å². The van der Waals surface area contributed by atoms with Crippen LogP contribution in [0.3, 0.4) is 0 Å². The molecule has 0 saturated heterocycles. The maximum atomic E-state index is 11.8. The highest BCUT2D eigenvalue weighted by Gasteiger charge is 2.05. The molecule has 118 valence electrons. The minimum Gasteiger partial charge on any atom is -0.281 e. The van der Waals surface area contributed by atoms with Crippen LogP contribution >= 0.6 is 11.8 Å². The lowest BCUT2D eigenvalue weighted by atomic mass is 10.1. The average molecular weight is 308 g/mol. The van der Waals surface area contributed by atoms with Gasteiger partial charge in [0, 0.05) is 18.1 Å². The van der Waals surface area contributed by atoms with Crippen molar-refractivity contribution in [2.24, 2.45) is 0 Å². The summed E-state index contributed by atoms with van der Waals surface area (Å²) in [6.07, 6.45) is 17.9. The van der Waals surface area contributed by atoms with E-state index in [1.54, 1.807) is 12.4 Å². The predicted octanol–water partition coefficient (Wildman–Crippen LogP) is 5.27. The highest BCUT2D eigenvalue weighted by molar-refractivity contribution is 8.14. The molecule has 0 spiro atoms. The molecule has 0 amide bonds. The average Bonchev–Trinajstić information content (AvgIpc) is 2.53. The third-order valence-electron chi connectivity index (χ3n) is 3.53. The van der Waals surface area contributed by atoms with Gasteiger partial charge in [-0.3, -0.25) is 4.79 Å². The van der Waals surface area contributed by atoms with Crippen LogP contribution in [-0.4, -0.2) is 20.8 Å². The van der Waals surface area contributed by atoms with Gasteiger partial charge in [-0.1, -0.05) is 76.5 Å². The van der Waals surface area contributed by atoms with Gasteiger partial charge in [0.1, 0.15) is 6.33 Å². The summed E-state index contributed by atoms with van der Waals surface area (Å²) in [5.74, 6) is 0.907. The molecule has 0 unspecified atom stereocenters. The van der Waals surface area contributed by atoms with E-state index in [9.17, 15) is 4.79 Å². The summed E-state index contributed by atoms with van der Waals surface area (Å²) in [4.78, 5) is 19.5. The van der Waals surface area contributed by atoms with Crippen molar-refractivity contribution in [3.63, 3.8) is 0 Å². The van der Waals surface area contributed by atoms with Gasteiger partial charge in [0.2, 0.25) is 5.12 Å². The van der Waals surface area contributed by atoms with Gasteiger partial charge in [-0.2, -0.15) is 0 Å². The molecule has 4 heteroatoms. The summed E-state index contributed by atoms with van der Waals surface area (Å²) >= 11 is 1.39. The molecular formula is C17H28N2OS. The molecule has 0 aromatic carbocycles. The zero-order chi connectivity index (χ0) is 15.2. The first-order chi connectivity index (χ1) is 10.3. The Labute approximate surface area is 133 Å². The summed E-state index contributed by atoms with van der Waals surface area (Å²) in [6.45, 7) is 2.26. The Hall–Kier alpha value is -0.900. The fraction of sp³-hybridized carbons (Fsp3) is 0.706. The summed E-state index contributed by atoms with van der Waals surface area (Å²) in [6, 6.07) is 0. The van der Waals surface area contributed by atoms with E-state index in [0.29, 0.717) is 5.56 Å². The predicted molar refractivity (Wildman–Crippen MR) is 90.7 cm³/mol. The molecule has 0 N–H and O–H groups in total. The first-order valence-corrected chi connectivity index (χ1v) is 9.25. The van der Waals surface area contributed by atoms with E-state index in [0.717, 1.165) is 12.2 Å². The van der Waals surface area contributed by atoms with Crippen LogP contribution in [-0.2, 0) is 0 Å². The Bertz CT molecular complexity index is 370. The smallest absolute Gasteiger partial charge is 0.222 e. The molecule has 3 nitrogen and oxygen atoms in total. The van der Waals surface area contributed by atoms with Crippen molar-refractivity contribution in [1.82, 2.24) is 9.97 Å². The van der Waals surface area contributed by atoms with E-state index < -0.39 is 0 Å². The lowest BCUT2D eigenvalue weighted by molar-refractivity contribution is 0.108. The number of hydrogen-bond donors (Lipinski definition) is 0. The Morgan fingerprint density at radius 2 is 1.43 bits per heavy atom. The SMILES string of the molecule is CCCCCCCCCCCCSC(=O)c1cncnc1. The molecule has 1 heterocycles. The molecule has 0 atom stereocenters. The Morgan fingerprint density at radius 1 is 0.905 bits per heavy atom. The summed E-state index contributed by atoms with van der Waals surface area (Å²) < 4.78 is 0. The van der Waals surface area contributed by atoms with Crippen LogP contribution in [0.1, 0.15) is 81.5 Å². The van der Waals surface area contributed by atoms with Gasteiger partial charge in [-0.15, -0.1) is 0 Å². The van der Waals surface area contributed by atoms with E-state index >= 15 is 0 Å². The number of carbonyl (C=O) groups is 1. The van der Waals surface area contributed by atoms with Gasteiger partial charge in [-0.25, -0.2) is 9.97 Å². The van der Waals surface area contributed by atoms with E-state index in [4.69, 9.17) is 0 Å². The van der Waals surface area contributed by atoms with Crippen LogP contribution in [0.4, 0.5) is 0 Å². The van der Waals surface area contributed by atoms with Crippen LogP contribution in [0.15, 0.2) is 18.7 Å². The first-order valence-electron chi connectivity index (χ1n) is 8.26. The molecular weight excluding hydrogens is 280 g/mol. The van der Waals surface area contributed by atoms with Crippen molar-refractivity contribution in [1.29, 1.82) is 0 Å². The number of nitrogens with zero attached hydrogens (tertiary/aromatic N) is 2. The number of carbonyl (C=O) groups excluding carboxylic acids is 1. The molecule has 1 rings (SSSR count). The Balaban J connectivity index is 1.88. The standard InChI is InChI=1S/C17H28N2OS/c1-2-3-4-5-6-7-8-9-10-11-12-21-17(20)16-13-18-15-19-14-16/h13-15H,2-12H2,1H3. The second-order valence-corrected chi connectivity index (χ2v) is 6.51. The zero-order valence-electron chi connectivity index (χ0n) is 13.2. The summed E-state index contributed by atoms with van der Waals surface area (Å²) in [7, 11) is 0. The molecule has 0 bridgehead atoms. The largest absolute Gasteiger partial charge is 0.281 e. The molecule has 0 aliphatic heterocycles. The number of thioether (sulfide) groups is 1. The quantitative estimate of drug-likeness (QED) is 0.493. The molecule has 1 aromatic rings. The van der Waals surface area contributed by atoms with Gasteiger partial charge in [-0.05, 0) is 6.42 Å². The molecule has 0 fully saturated rings. The Morgan fingerprint density at radius 3 is 2.00 bits per heavy atom. The molecule has 0 aliphatic carbocycles. The van der Waals surface area contributed by atoms with Gasteiger partial charge in [0.05, 0.1) is 5.56 Å². The van der Waals surface area contributed by atoms with Crippen molar-refractivity contribution in [2.45, 2.75) is 71.1 Å². The lowest BCUT2D eigenvalue weighted by Crippen LogP contribution is -1.96. The summed E-state index contributed by atoms with van der Waals surface area (Å²) in [5, 5.41) is 0.0894. The molecule has 0 radical (unpaired) electrons. The fourth-order valence-electron chi connectivity index (χ4n) is 2.24. The molecule has 21 heavy (non-hydrogen) atoms. The van der Waals surface area contributed by atoms with Crippen molar-refractivity contribution in [3.05, 3.63) is 24.3 Å². The molecule has 0 aliphatic rings. The molecule has 0 saturated carbocycles. The highest BCUT2D eigenvalue weighted by atomic mass is 32.2. The van der Waals surface area contributed by atoms with E-state index in [-0.39, 0.29) is 5.12 Å². The van der Waals surface area contributed by atoms with Crippen molar-refractivity contribution < 1.29 is 4.79 Å². The lowest BCUT2D eigenvalue weighted by Gasteiger charge is -2.02. The second kappa shape index (κ2) is 12.8. The monoisotopic (exact) mass is 308 g/mol. The third kappa shape index (κ3) is 9.62. The van der Waals surface area contributed by atoms with Gasteiger partial charge in [0.25, 0.3) is 0 Å². The van der Waals surface area contributed by atoms with Crippen molar-refractivity contribution in [2.75, 3.05) is 5.75 Å². The fourth-order valence-corrected chi connectivity index (χ4v) is 3.05. The van der Waals surface area contributed by atoms with Crippen molar-refractivity contribution >= 4 is 16.9 Å². The number of rotatable bonds is 12.